The summed E-state index contributed by atoms with van der Waals surface area (Å²) in [4.78, 5) is 8.94. The highest BCUT2D eigenvalue weighted by Gasteiger charge is 2.10. The summed E-state index contributed by atoms with van der Waals surface area (Å²) in [7, 11) is 1.90. The quantitative estimate of drug-likeness (QED) is 0.143. The van der Waals surface area contributed by atoms with Gasteiger partial charge in [0.2, 0.25) is 6.41 Å². The van der Waals surface area contributed by atoms with Gasteiger partial charge in [-0.05, 0) is 67.8 Å². The molecule has 8 heteroatoms. The van der Waals surface area contributed by atoms with Crippen LogP contribution in [0.2, 0.25) is 0 Å². The van der Waals surface area contributed by atoms with Crippen molar-refractivity contribution >= 4 is 34.6 Å². The first-order valence-electron chi connectivity index (χ1n) is 9.16. The largest absolute Gasteiger partial charge is 0.489 e. The number of nitrogens with two attached hydrogens (primary N) is 1. The maximum atomic E-state index is 8.94. The van der Waals surface area contributed by atoms with Crippen molar-refractivity contribution in [3.63, 3.8) is 0 Å². The van der Waals surface area contributed by atoms with Crippen molar-refractivity contribution in [3.8, 4) is 5.75 Å². The first-order chi connectivity index (χ1) is 14.2. The highest BCUT2D eigenvalue weighted by Crippen LogP contribution is 2.26. The number of anilines is 1. The highest BCUT2D eigenvalue weighted by atomic mass is 35.5. The van der Waals surface area contributed by atoms with E-state index in [9.17, 15) is 0 Å². The minimum absolute atomic E-state index is 0.0948. The van der Waals surface area contributed by atoms with Crippen molar-refractivity contribution in [2.24, 2.45) is 5.84 Å². The number of hydrogen-bond acceptors (Lipinski definition) is 6. The van der Waals surface area contributed by atoms with E-state index in [1.54, 1.807) is 5.43 Å². The number of allylic oxidation sites excluding steroid dienone is 2. The Labute approximate surface area is 182 Å². The van der Waals surface area contributed by atoms with Crippen molar-refractivity contribution < 1.29 is 9.53 Å². The van der Waals surface area contributed by atoms with Gasteiger partial charge in [0.05, 0.1) is 5.71 Å². The van der Waals surface area contributed by atoms with E-state index in [2.05, 4.69) is 24.1 Å². The lowest BCUT2D eigenvalue weighted by atomic mass is 10.00. The predicted octanol–water partition coefficient (Wildman–Crippen LogP) is 3.98. The molecule has 0 fully saturated rings. The topological polar surface area (TPSA) is 124 Å². The molecule has 160 valence electrons. The van der Waals surface area contributed by atoms with E-state index < -0.39 is 0 Å². The fraction of sp³-hybridized carbons (Fsp3) is 0.227. The predicted molar refractivity (Wildman–Crippen MR) is 124 cm³/mol. The average Bonchev–Trinajstić information content (AvgIpc) is 2.72. The smallest absolute Gasteiger partial charge is 0.221 e. The van der Waals surface area contributed by atoms with Crippen LogP contribution in [0.3, 0.4) is 0 Å². The number of benzene rings is 2. The molecule has 0 radical (unpaired) electrons. The van der Waals surface area contributed by atoms with Crippen LogP contribution in [0.4, 0.5) is 5.69 Å². The number of nitrogens with one attached hydrogen (secondary N) is 4. The fourth-order valence-corrected chi connectivity index (χ4v) is 2.82. The number of carbonyl (C=O) groups excluding carboxylic acids is 1. The van der Waals surface area contributed by atoms with Crippen molar-refractivity contribution in [1.29, 1.82) is 10.8 Å². The van der Waals surface area contributed by atoms with E-state index in [1.165, 1.54) is 17.7 Å². The molecule has 0 atom stereocenters. The molecule has 2 aromatic rings. The van der Waals surface area contributed by atoms with Crippen molar-refractivity contribution in [3.05, 3.63) is 70.3 Å². The molecule has 0 heterocycles. The summed E-state index contributed by atoms with van der Waals surface area (Å²) in [6.07, 6.45) is 3.34. The van der Waals surface area contributed by atoms with Gasteiger partial charge in [-0.25, -0.2) is 5.84 Å². The van der Waals surface area contributed by atoms with Crippen LogP contribution in [-0.2, 0) is 11.4 Å². The molecule has 0 spiro atoms. The Morgan fingerprint density at radius 2 is 1.80 bits per heavy atom. The maximum Gasteiger partial charge on any atom is 0.221 e. The van der Waals surface area contributed by atoms with Crippen molar-refractivity contribution in [2.45, 2.75) is 27.4 Å². The zero-order valence-corrected chi connectivity index (χ0v) is 18.4. The van der Waals surface area contributed by atoms with E-state index in [4.69, 9.17) is 32.0 Å². The number of halogens is 1. The van der Waals surface area contributed by atoms with Gasteiger partial charge in [0, 0.05) is 23.9 Å². The molecule has 0 aromatic heterocycles. The Kier molecular flexibility index (Phi) is 10.3. The van der Waals surface area contributed by atoms with Gasteiger partial charge in [-0.1, -0.05) is 23.7 Å². The molecule has 7 nitrogen and oxygen atoms in total. The lowest BCUT2D eigenvalue weighted by molar-refractivity contribution is -0.109. The van der Waals surface area contributed by atoms with Gasteiger partial charge in [0.1, 0.15) is 17.5 Å². The average molecular weight is 430 g/mol. The molecule has 0 bridgehead atoms. The number of hydrogen-bond donors (Lipinski definition) is 5. The van der Waals surface area contributed by atoms with E-state index in [0.717, 1.165) is 33.7 Å². The minimum Gasteiger partial charge on any atom is -0.489 e. The third kappa shape index (κ3) is 7.35. The standard InChI is InChI=1S/C21H24ClN3O.CH4N2O/c1-13-6-5-7-19(25-4)17(13)12-26-20-11-14(2)16(10-15(20)3)18(23)8-9-21(22)24;2-3-1-4/h5-11,23-25H,12H2,1-4H3;1H,2H2,(H,3,4)/b9-8-,23-18?,24-21?;. The van der Waals surface area contributed by atoms with Gasteiger partial charge in [-0.2, -0.15) is 0 Å². The molecular weight excluding hydrogens is 402 g/mol. The van der Waals surface area contributed by atoms with Crippen LogP contribution in [0.1, 0.15) is 27.8 Å². The second-order valence-corrected chi connectivity index (χ2v) is 6.86. The Hall–Kier alpha value is -3.16. The first kappa shape index (κ1) is 24.9. The molecule has 2 rings (SSSR count). The third-order valence-electron chi connectivity index (χ3n) is 4.33. The Bertz CT molecular complexity index is 941. The normalized spacial score (nSPS) is 10.1. The lowest BCUT2D eigenvalue weighted by Crippen LogP contribution is -2.18. The lowest BCUT2D eigenvalue weighted by Gasteiger charge is -2.16. The van der Waals surface area contributed by atoms with Gasteiger partial charge in [0.25, 0.3) is 0 Å². The van der Waals surface area contributed by atoms with E-state index in [0.29, 0.717) is 18.7 Å². The molecule has 1 amide bonds. The SMILES string of the molecule is CNc1cccc(C)c1COc1cc(C)c(C(=N)/C=C\C(=N)Cl)cc1C.NNC=O. The number of amides is 1. The Morgan fingerprint density at radius 3 is 2.37 bits per heavy atom. The molecule has 0 aliphatic rings. The van der Waals surface area contributed by atoms with Gasteiger partial charge < -0.3 is 15.5 Å². The molecule has 6 N–H and O–H groups in total. The number of carbonyl (C=O) groups is 1. The summed E-state index contributed by atoms with van der Waals surface area (Å²) in [6.45, 7) is 6.46. The molecule has 0 aliphatic carbocycles. The van der Waals surface area contributed by atoms with Crippen LogP contribution < -0.4 is 21.3 Å². The fourth-order valence-electron chi connectivity index (χ4n) is 2.76. The highest BCUT2D eigenvalue weighted by molar-refractivity contribution is 6.67. The number of hydrazine groups is 1. The summed E-state index contributed by atoms with van der Waals surface area (Å²) in [5, 5.41) is 18.5. The van der Waals surface area contributed by atoms with E-state index in [1.807, 2.05) is 45.2 Å². The zero-order valence-electron chi connectivity index (χ0n) is 17.6. The van der Waals surface area contributed by atoms with Gasteiger partial charge in [-0.15, -0.1) is 0 Å². The molecule has 0 aliphatic heterocycles. The Morgan fingerprint density at radius 1 is 1.13 bits per heavy atom. The summed E-state index contributed by atoms with van der Waals surface area (Å²) in [5.41, 5.74) is 8.15. The van der Waals surface area contributed by atoms with E-state index in [-0.39, 0.29) is 5.17 Å². The number of ether oxygens (including phenoxy) is 1. The molecular formula is C22H28ClN5O2. The van der Waals surface area contributed by atoms with Crippen LogP contribution in [-0.4, -0.2) is 24.3 Å². The van der Waals surface area contributed by atoms with Gasteiger partial charge in [-0.3, -0.25) is 15.6 Å². The third-order valence-corrected chi connectivity index (χ3v) is 4.45. The maximum absolute atomic E-state index is 8.94. The molecule has 30 heavy (non-hydrogen) atoms. The Balaban J connectivity index is 0.00000103. The van der Waals surface area contributed by atoms with E-state index >= 15 is 0 Å². The minimum atomic E-state index is -0.0948. The van der Waals surface area contributed by atoms with Crippen LogP contribution in [0, 0.1) is 31.6 Å². The second-order valence-electron chi connectivity index (χ2n) is 6.45. The molecule has 0 saturated heterocycles. The zero-order chi connectivity index (χ0) is 22.7. The van der Waals surface area contributed by atoms with Crippen molar-refractivity contribution in [1.82, 2.24) is 5.43 Å². The van der Waals surface area contributed by atoms with Crippen LogP contribution in [0.15, 0.2) is 42.5 Å². The van der Waals surface area contributed by atoms with Crippen LogP contribution in [0.25, 0.3) is 0 Å². The van der Waals surface area contributed by atoms with Crippen molar-refractivity contribution in [2.75, 3.05) is 12.4 Å². The van der Waals surface area contributed by atoms with Crippen LogP contribution >= 0.6 is 11.6 Å². The summed E-state index contributed by atoms with van der Waals surface area (Å²) in [5.74, 6) is 5.21. The van der Waals surface area contributed by atoms with Crippen LogP contribution in [0.5, 0.6) is 5.75 Å². The monoisotopic (exact) mass is 429 g/mol. The molecule has 0 unspecified atom stereocenters. The number of rotatable bonds is 8. The van der Waals surface area contributed by atoms with Gasteiger partial charge in [0.15, 0.2) is 0 Å². The molecule has 2 aromatic carbocycles. The second kappa shape index (κ2) is 12.4. The van der Waals surface area contributed by atoms with Gasteiger partial charge >= 0.3 is 0 Å². The summed E-state index contributed by atoms with van der Waals surface area (Å²) >= 11 is 5.52. The summed E-state index contributed by atoms with van der Waals surface area (Å²) in [6, 6.07) is 10.0. The summed E-state index contributed by atoms with van der Waals surface area (Å²) < 4.78 is 6.08. The first-order valence-corrected chi connectivity index (χ1v) is 9.54. The number of aryl methyl sites for hydroxylation is 3. The molecule has 0 saturated carbocycles.